The van der Waals surface area contributed by atoms with Crippen molar-refractivity contribution in [1.82, 2.24) is 5.32 Å². The molecule has 0 aromatic heterocycles. The summed E-state index contributed by atoms with van der Waals surface area (Å²) in [5.74, 6) is -0.872. The minimum absolute atomic E-state index is 0.710. The van der Waals surface area contributed by atoms with Gasteiger partial charge in [-0.1, -0.05) is 5.11 Å². The second kappa shape index (κ2) is 25.0. The van der Waals surface area contributed by atoms with Crippen molar-refractivity contribution in [2.45, 2.75) is 198 Å². The number of aliphatic hydroxyl groups is 17. The molecule has 1 amide bonds. The number of ether oxygens (including phenoxy) is 11. The van der Waals surface area contributed by atoms with Crippen LogP contribution in [0.15, 0.2) is 5.11 Å². The van der Waals surface area contributed by atoms with Crippen molar-refractivity contribution < 1.29 is 144 Å². The summed E-state index contributed by atoms with van der Waals surface area (Å²) in [6, 6.07) is -1.80. The van der Waals surface area contributed by atoms with Crippen LogP contribution in [-0.2, 0) is 56.9 Å². The molecule has 0 aromatic rings. The van der Waals surface area contributed by atoms with Crippen molar-refractivity contribution >= 4 is 5.91 Å². The topological polar surface area (TPSA) is 523 Å². The monoisotopic (exact) mass is 1040 g/mol. The summed E-state index contributed by atoms with van der Waals surface area (Å²) in [5, 5.41) is 188. The summed E-state index contributed by atoms with van der Waals surface area (Å²) in [4.78, 5) is 15.4. The van der Waals surface area contributed by atoms with Crippen LogP contribution in [0, 0.1) is 0 Å². The predicted molar refractivity (Wildman–Crippen MR) is 216 cm³/mol. The molecule has 0 aliphatic carbocycles. The van der Waals surface area contributed by atoms with E-state index in [0.29, 0.717) is 0 Å². The molecule has 0 aromatic carbocycles. The maximum absolute atomic E-state index is 12.8. The van der Waals surface area contributed by atoms with Crippen LogP contribution in [0.1, 0.15) is 13.8 Å². The van der Waals surface area contributed by atoms with Crippen LogP contribution in [0.2, 0.25) is 0 Å². The molecule has 6 fully saturated rings. The van der Waals surface area contributed by atoms with Gasteiger partial charge in [0.25, 0.3) is 0 Å². The summed E-state index contributed by atoms with van der Waals surface area (Å²) in [5.41, 5.74) is 9.13. The van der Waals surface area contributed by atoms with Crippen LogP contribution in [0.3, 0.4) is 0 Å². The lowest BCUT2D eigenvalue weighted by Gasteiger charge is -2.51. The van der Waals surface area contributed by atoms with Gasteiger partial charge in [-0.2, -0.15) is 0 Å². The number of rotatable bonds is 17. The van der Waals surface area contributed by atoms with Crippen LogP contribution in [0.25, 0.3) is 10.4 Å². The molecule has 0 radical (unpaired) electrons. The van der Waals surface area contributed by atoms with Gasteiger partial charge in [-0.15, -0.1) is 0 Å². The van der Waals surface area contributed by atoms with Gasteiger partial charge >= 0.3 is 0 Å². The van der Waals surface area contributed by atoms with Crippen LogP contribution >= 0.6 is 0 Å². The fourth-order valence-electron chi connectivity index (χ4n) is 8.96. The molecule has 33 heteroatoms. The number of nitrogens with one attached hydrogen (secondary N) is 1. The summed E-state index contributed by atoms with van der Waals surface area (Å²) >= 11 is 0. The maximum atomic E-state index is 12.8. The zero-order valence-electron chi connectivity index (χ0n) is 37.7. The average molecular weight is 1040 g/mol. The standard InChI is InChI=1S/C38H64N4O29/c1-8-16(48)20(52)25(57)35(61-8)71-32-21(53)17(49)11(4-43)66-38(32)69-30-15(41-9(2)47)34(64-12(5-44)18(30)50)70-31-19(51)13(6-45)65-37(27(31)59)67-28-10(3-40-42-39)63-36(26(58)23(28)55)68-29-14(7-46)62-33(60)24(56)22(29)54/h8,10-38,43-46,48-60H,3-7H2,1-2H3,(H,41,47)/t8-,10+,11+,12+,13+,14+,15+,16+,17-,18-,19-,20+,21-,22+,23+,24+,25-,26+,27+,28-,29+,30+,31-,32+,33+,34-,35-,36-,37+,38-/m0/s1. The van der Waals surface area contributed by atoms with E-state index in [9.17, 15) is 91.6 Å². The minimum atomic E-state index is -2.24. The minimum Gasteiger partial charge on any atom is -0.394 e. The van der Waals surface area contributed by atoms with E-state index < -0.39 is 223 Å². The summed E-state index contributed by atoms with van der Waals surface area (Å²) in [6.07, 6.45) is -54.7. The van der Waals surface area contributed by atoms with Gasteiger partial charge in [0.1, 0.15) is 134 Å². The number of azide groups is 1. The second-order valence-electron chi connectivity index (χ2n) is 17.7. The molecule has 0 unspecified atom stereocenters. The van der Waals surface area contributed by atoms with Crippen molar-refractivity contribution in [3.8, 4) is 0 Å². The van der Waals surface area contributed by atoms with E-state index >= 15 is 0 Å². The molecule has 6 saturated heterocycles. The Kier molecular flexibility index (Phi) is 20.4. The van der Waals surface area contributed by atoms with E-state index in [4.69, 9.17) is 57.6 Å². The van der Waals surface area contributed by atoms with Gasteiger partial charge in [0, 0.05) is 11.8 Å². The molecule has 410 valence electrons. The Morgan fingerprint density at radius 3 is 1.49 bits per heavy atom. The van der Waals surface area contributed by atoms with Gasteiger partial charge in [-0.05, 0) is 12.5 Å². The third kappa shape index (κ3) is 12.4. The van der Waals surface area contributed by atoms with Gasteiger partial charge in [-0.25, -0.2) is 0 Å². The van der Waals surface area contributed by atoms with Crippen molar-refractivity contribution in [2.75, 3.05) is 33.0 Å². The van der Waals surface area contributed by atoms with Crippen LogP contribution in [-0.4, -0.2) is 310 Å². The molecule has 30 atom stereocenters. The Bertz CT molecular complexity index is 1750. The smallest absolute Gasteiger partial charge is 0.217 e. The largest absolute Gasteiger partial charge is 0.394 e. The number of nitrogens with zero attached hydrogens (tertiary/aromatic N) is 3. The molecule has 0 spiro atoms. The predicted octanol–water partition coefficient (Wildman–Crippen LogP) is -11.6. The normalized spacial score (nSPS) is 50.7. The molecule has 0 bridgehead atoms. The van der Waals surface area contributed by atoms with Crippen LogP contribution < -0.4 is 5.32 Å². The molecule has 6 aliphatic rings. The molecule has 71 heavy (non-hydrogen) atoms. The molecule has 18 N–H and O–H groups in total. The highest BCUT2D eigenvalue weighted by Gasteiger charge is 2.58. The molecule has 6 aliphatic heterocycles. The highest BCUT2D eigenvalue weighted by atomic mass is 16.8. The Labute approximate surface area is 401 Å². The van der Waals surface area contributed by atoms with E-state index in [1.165, 1.54) is 6.92 Å². The quantitative estimate of drug-likeness (QED) is 0.0365. The summed E-state index contributed by atoms with van der Waals surface area (Å²) in [6.45, 7) is -2.30. The first-order valence-electron chi connectivity index (χ1n) is 22.4. The first-order chi connectivity index (χ1) is 33.6. The van der Waals surface area contributed by atoms with Crippen molar-refractivity contribution in [2.24, 2.45) is 5.11 Å². The molecular weight excluding hydrogens is 976 g/mol. The number of carbonyl (C=O) groups excluding carboxylic acids is 1. The van der Waals surface area contributed by atoms with Crippen LogP contribution in [0.4, 0.5) is 0 Å². The number of carbonyl (C=O) groups is 1. The first kappa shape index (κ1) is 57.9. The Morgan fingerprint density at radius 1 is 0.465 bits per heavy atom. The van der Waals surface area contributed by atoms with Crippen molar-refractivity contribution in [3.63, 3.8) is 0 Å². The Hall–Kier alpha value is -2.34. The van der Waals surface area contributed by atoms with Crippen molar-refractivity contribution in [3.05, 3.63) is 10.4 Å². The molecule has 33 nitrogen and oxygen atoms in total. The molecule has 0 saturated carbocycles. The van der Waals surface area contributed by atoms with Crippen molar-refractivity contribution in [1.29, 1.82) is 0 Å². The SMILES string of the molecule is CC(=O)N[C@H]1[C@H](O[C@H]2[C@@H](O)[C@@H](CO)O[C@H](O[C@@H]3[C@H](O)[C@@H](O)[C@H](O[C@H]4[C@H](O)[C@@H](O)[C@H](O)O[C@@H]4CO)O[C@@H]3CN=[N+]=[N-])[C@@H]2O)O[C@H](CO)[C@H](O)[C@@H]1O[C@@H]1O[C@H](CO)[C@H](O)[C@H](O)[C@H]1O[C@@H]1O[C@@H](C)[C@@H](O)[C@@H](O)[C@@H]1O. The second-order valence-corrected chi connectivity index (χ2v) is 17.7. The van der Waals surface area contributed by atoms with E-state index in [-0.39, 0.29) is 0 Å². The number of hydrogen-bond donors (Lipinski definition) is 18. The van der Waals surface area contributed by atoms with Gasteiger partial charge < -0.3 is 144 Å². The first-order valence-corrected chi connectivity index (χ1v) is 22.4. The lowest BCUT2D eigenvalue weighted by Crippen LogP contribution is -2.70. The summed E-state index contributed by atoms with van der Waals surface area (Å²) < 4.78 is 62.8. The highest BCUT2D eigenvalue weighted by molar-refractivity contribution is 5.73. The van der Waals surface area contributed by atoms with E-state index in [1.54, 1.807) is 0 Å². The van der Waals surface area contributed by atoms with E-state index in [0.717, 1.165) is 6.92 Å². The molecule has 6 heterocycles. The zero-order valence-corrected chi connectivity index (χ0v) is 37.7. The lowest BCUT2D eigenvalue weighted by molar-refractivity contribution is -0.392. The third-order valence-corrected chi connectivity index (χ3v) is 12.9. The third-order valence-electron chi connectivity index (χ3n) is 12.9. The fraction of sp³-hybridized carbons (Fsp3) is 0.974. The molecular formula is C38H64N4O29. The zero-order chi connectivity index (χ0) is 52.3. The van der Waals surface area contributed by atoms with Crippen LogP contribution in [0.5, 0.6) is 0 Å². The van der Waals surface area contributed by atoms with E-state index in [1.807, 2.05) is 0 Å². The number of amides is 1. The van der Waals surface area contributed by atoms with Gasteiger partial charge in [-0.3, -0.25) is 4.79 Å². The lowest BCUT2D eigenvalue weighted by atomic mass is 9.94. The Balaban J connectivity index is 1.25. The fourth-order valence-corrected chi connectivity index (χ4v) is 8.96. The van der Waals surface area contributed by atoms with E-state index in [2.05, 4.69) is 15.3 Å². The highest BCUT2D eigenvalue weighted by Crippen LogP contribution is 2.37. The van der Waals surface area contributed by atoms with Gasteiger partial charge in [0.05, 0.1) is 45.2 Å². The van der Waals surface area contributed by atoms with Gasteiger partial charge in [0.2, 0.25) is 5.91 Å². The maximum Gasteiger partial charge on any atom is 0.217 e. The van der Waals surface area contributed by atoms with Gasteiger partial charge in [0.15, 0.2) is 37.7 Å². The Morgan fingerprint density at radius 2 is 0.901 bits per heavy atom. The number of hydrogen-bond acceptors (Lipinski definition) is 30. The number of aliphatic hydroxyl groups excluding tert-OH is 17. The average Bonchev–Trinajstić information content (AvgIpc) is 3.34. The molecule has 6 rings (SSSR count). The summed E-state index contributed by atoms with van der Waals surface area (Å²) in [7, 11) is 0.